The van der Waals surface area contributed by atoms with Crippen LogP contribution in [0.1, 0.15) is 13.3 Å². The number of alkyl halides is 3. The lowest BCUT2D eigenvalue weighted by Gasteiger charge is -2.14. The van der Waals surface area contributed by atoms with Gasteiger partial charge in [-0.05, 0) is 6.42 Å². The quantitative estimate of drug-likeness (QED) is 0.549. The van der Waals surface area contributed by atoms with Gasteiger partial charge in [0, 0.05) is 0 Å². The van der Waals surface area contributed by atoms with Crippen LogP contribution in [0.2, 0.25) is 0 Å². The third-order valence-electron chi connectivity index (χ3n) is 2.14. The molecule has 0 bridgehead atoms. The van der Waals surface area contributed by atoms with Gasteiger partial charge in [-0.3, -0.25) is 9.59 Å². The fourth-order valence-corrected chi connectivity index (χ4v) is 1.32. The van der Waals surface area contributed by atoms with E-state index in [1.165, 1.54) is 12.2 Å². The number of hydrogen-bond acceptors (Lipinski definition) is 4. The summed E-state index contributed by atoms with van der Waals surface area (Å²) in [5.41, 5.74) is 0. The molecular weight excluding hydrogens is 231 g/mol. The Labute approximate surface area is 87.9 Å². The molecule has 1 aliphatic heterocycles. The first-order valence-electron chi connectivity index (χ1n) is 4.40. The summed E-state index contributed by atoms with van der Waals surface area (Å²) >= 11 is 0. The first-order chi connectivity index (χ1) is 7.27. The second kappa shape index (κ2) is 4.11. The van der Waals surface area contributed by atoms with Crippen LogP contribution in [-0.2, 0) is 19.1 Å². The minimum Gasteiger partial charge on any atom is -0.391 e. The van der Waals surface area contributed by atoms with Gasteiger partial charge in [0.1, 0.15) is 6.04 Å². The Balaban J connectivity index is 2.77. The van der Waals surface area contributed by atoms with Gasteiger partial charge in [-0.15, -0.1) is 0 Å². The Morgan fingerprint density at radius 1 is 1.38 bits per heavy atom. The highest BCUT2D eigenvalue weighted by Crippen LogP contribution is 2.22. The first kappa shape index (κ1) is 12.5. The number of esters is 2. The molecule has 1 rings (SSSR count). The normalized spacial score (nSPS) is 25.5. The summed E-state index contributed by atoms with van der Waals surface area (Å²) in [6.07, 6.45) is -4.99. The van der Waals surface area contributed by atoms with Crippen molar-refractivity contribution in [3.8, 4) is 0 Å². The maximum atomic E-state index is 11.9. The van der Waals surface area contributed by atoms with Crippen molar-refractivity contribution in [3.05, 3.63) is 0 Å². The van der Waals surface area contributed by atoms with Gasteiger partial charge in [0.25, 0.3) is 0 Å². The maximum Gasteiger partial charge on any atom is 0.471 e. The number of ether oxygens (including phenoxy) is 1. The minimum absolute atomic E-state index is 0.105. The third kappa shape index (κ3) is 2.31. The van der Waals surface area contributed by atoms with Gasteiger partial charge in [0.2, 0.25) is 0 Å². The van der Waals surface area contributed by atoms with Gasteiger partial charge in [-0.1, -0.05) is 6.92 Å². The molecule has 0 aromatic heterocycles. The SMILES string of the molecule is CC[C@@H]1C(=O)OC(=O)[C@H]1NC(=O)C(F)(F)F. The number of nitrogens with one attached hydrogen (secondary N) is 1. The molecule has 0 saturated carbocycles. The van der Waals surface area contributed by atoms with Crippen LogP contribution in [-0.4, -0.2) is 30.1 Å². The van der Waals surface area contributed by atoms with Crippen LogP contribution in [0.15, 0.2) is 0 Å². The Bertz CT molecular complexity index is 339. The van der Waals surface area contributed by atoms with E-state index >= 15 is 0 Å². The average molecular weight is 239 g/mol. The minimum atomic E-state index is -5.09. The van der Waals surface area contributed by atoms with Crippen molar-refractivity contribution in [2.24, 2.45) is 5.92 Å². The standard InChI is InChI=1S/C8H8F3NO4/c1-2-3-4(6(14)16-5(3)13)12-7(15)8(9,10)11/h3-4H,2H2,1H3,(H,12,15)/t3-,4-/m0/s1. The highest BCUT2D eigenvalue weighted by Gasteiger charge is 2.48. The van der Waals surface area contributed by atoms with Crippen molar-refractivity contribution in [3.63, 3.8) is 0 Å². The molecule has 90 valence electrons. The van der Waals surface area contributed by atoms with E-state index < -0.39 is 36.0 Å². The zero-order valence-electron chi connectivity index (χ0n) is 8.13. The van der Waals surface area contributed by atoms with E-state index in [2.05, 4.69) is 4.74 Å². The number of hydrogen-bond donors (Lipinski definition) is 1. The average Bonchev–Trinajstić information content (AvgIpc) is 2.40. The summed E-state index contributed by atoms with van der Waals surface area (Å²) in [6, 6.07) is -1.55. The summed E-state index contributed by atoms with van der Waals surface area (Å²) in [6.45, 7) is 1.50. The number of carbonyl (C=O) groups is 3. The molecule has 0 radical (unpaired) electrons. The lowest BCUT2D eigenvalue weighted by atomic mass is 10.00. The summed E-state index contributed by atoms with van der Waals surface area (Å²) in [4.78, 5) is 32.6. The van der Waals surface area contributed by atoms with Crippen molar-refractivity contribution in [1.29, 1.82) is 0 Å². The summed E-state index contributed by atoms with van der Waals surface area (Å²) in [5.74, 6) is -5.39. The fraction of sp³-hybridized carbons (Fsp3) is 0.625. The summed E-state index contributed by atoms with van der Waals surface area (Å²) in [5, 5.41) is 1.44. The molecule has 8 heteroatoms. The van der Waals surface area contributed by atoms with Gasteiger partial charge in [-0.2, -0.15) is 13.2 Å². The van der Waals surface area contributed by atoms with E-state index in [1.54, 1.807) is 0 Å². The Morgan fingerprint density at radius 3 is 2.38 bits per heavy atom. The molecule has 1 aliphatic rings. The lowest BCUT2D eigenvalue weighted by Crippen LogP contribution is -2.48. The van der Waals surface area contributed by atoms with E-state index in [9.17, 15) is 27.6 Å². The second-order valence-electron chi connectivity index (χ2n) is 3.20. The lowest BCUT2D eigenvalue weighted by molar-refractivity contribution is -0.175. The molecule has 0 aromatic rings. The molecule has 1 N–H and O–H groups in total. The van der Waals surface area contributed by atoms with Crippen LogP contribution in [0.3, 0.4) is 0 Å². The van der Waals surface area contributed by atoms with E-state index in [-0.39, 0.29) is 6.42 Å². The second-order valence-corrected chi connectivity index (χ2v) is 3.20. The molecule has 1 amide bonds. The molecule has 1 fully saturated rings. The van der Waals surface area contributed by atoms with Crippen LogP contribution in [0.25, 0.3) is 0 Å². The van der Waals surface area contributed by atoms with E-state index in [1.807, 2.05) is 0 Å². The maximum absolute atomic E-state index is 11.9. The number of rotatable bonds is 2. The van der Waals surface area contributed by atoms with Crippen molar-refractivity contribution in [1.82, 2.24) is 5.32 Å². The van der Waals surface area contributed by atoms with Crippen LogP contribution in [0, 0.1) is 5.92 Å². The predicted molar refractivity (Wildman–Crippen MR) is 42.9 cm³/mol. The topological polar surface area (TPSA) is 72.5 Å². The smallest absolute Gasteiger partial charge is 0.391 e. The van der Waals surface area contributed by atoms with Crippen molar-refractivity contribution in [2.45, 2.75) is 25.6 Å². The Hall–Kier alpha value is -1.60. The van der Waals surface area contributed by atoms with Gasteiger partial charge in [0.15, 0.2) is 0 Å². The number of cyclic esters (lactones) is 2. The van der Waals surface area contributed by atoms with E-state index in [0.717, 1.165) is 0 Å². The highest BCUT2D eigenvalue weighted by molar-refractivity contribution is 6.01. The number of halogens is 3. The van der Waals surface area contributed by atoms with Crippen molar-refractivity contribution >= 4 is 17.8 Å². The predicted octanol–water partition coefficient (Wildman–Crippen LogP) is 0.143. The van der Waals surface area contributed by atoms with Crippen LogP contribution in [0.4, 0.5) is 13.2 Å². The van der Waals surface area contributed by atoms with Crippen molar-refractivity contribution < 1.29 is 32.3 Å². The fourth-order valence-electron chi connectivity index (χ4n) is 1.32. The molecule has 16 heavy (non-hydrogen) atoms. The van der Waals surface area contributed by atoms with Gasteiger partial charge in [-0.25, -0.2) is 4.79 Å². The highest BCUT2D eigenvalue weighted by atomic mass is 19.4. The van der Waals surface area contributed by atoms with Crippen LogP contribution < -0.4 is 5.32 Å². The molecule has 1 saturated heterocycles. The number of amides is 1. The molecule has 1 heterocycles. The summed E-state index contributed by atoms with van der Waals surface area (Å²) < 4.78 is 39.9. The Morgan fingerprint density at radius 2 is 1.94 bits per heavy atom. The molecule has 5 nitrogen and oxygen atoms in total. The van der Waals surface area contributed by atoms with Crippen LogP contribution in [0.5, 0.6) is 0 Å². The molecule has 0 spiro atoms. The van der Waals surface area contributed by atoms with Gasteiger partial charge in [0.05, 0.1) is 5.92 Å². The molecule has 2 atom stereocenters. The molecule has 0 aliphatic carbocycles. The van der Waals surface area contributed by atoms with Gasteiger partial charge >= 0.3 is 24.0 Å². The van der Waals surface area contributed by atoms with E-state index in [0.29, 0.717) is 0 Å². The van der Waals surface area contributed by atoms with E-state index in [4.69, 9.17) is 0 Å². The zero-order valence-corrected chi connectivity index (χ0v) is 8.13. The Kier molecular flexibility index (Phi) is 3.20. The molecule has 0 unspecified atom stereocenters. The largest absolute Gasteiger partial charge is 0.471 e. The van der Waals surface area contributed by atoms with Gasteiger partial charge < -0.3 is 10.1 Å². The molecular formula is C8H8F3NO4. The number of carbonyl (C=O) groups excluding carboxylic acids is 3. The molecule has 0 aromatic carbocycles. The van der Waals surface area contributed by atoms with Crippen molar-refractivity contribution in [2.75, 3.05) is 0 Å². The third-order valence-corrected chi connectivity index (χ3v) is 2.14. The monoisotopic (exact) mass is 239 g/mol. The summed E-state index contributed by atoms with van der Waals surface area (Å²) in [7, 11) is 0. The van der Waals surface area contributed by atoms with Crippen LogP contribution >= 0.6 is 0 Å². The zero-order chi connectivity index (χ0) is 12.5. The first-order valence-corrected chi connectivity index (χ1v) is 4.40.